The van der Waals surface area contributed by atoms with Gasteiger partial charge >= 0.3 is 0 Å². The zero-order valence-electron chi connectivity index (χ0n) is 16.0. The monoisotopic (exact) mass is 366 g/mol. The van der Waals surface area contributed by atoms with Gasteiger partial charge in [0.15, 0.2) is 6.29 Å². The molecule has 5 nitrogen and oxygen atoms in total. The molecule has 142 valence electrons. The molecule has 0 fully saturated rings. The lowest BCUT2D eigenvalue weighted by atomic mass is 9.70. The Hall–Kier alpha value is -2.40. The fourth-order valence-corrected chi connectivity index (χ4v) is 4.97. The first-order chi connectivity index (χ1) is 13.1. The first-order valence-corrected chi connectivity index (χ1v) is 9.73. The highest BCUT2D eigenvalue weighted by Crippen LogP contribution is 2.49. The number of aromatic nitrogens is 1. The van der Waals surface area contributed by atoms with Gasteiger partial charge < -0.3 is 9.30 Å². The fraction of sp³-hybridized carbons (Fsp3) is 0.455. The Morgan fingerprint density at radius 2 is 2.04 bits per heavy atom. The molecule has 0 bridgehead atoms. The van der Waals surface area contributed by atoms with E-state index in [4.69, 9.17) is 4.74 Å². The molecule has 1 aromatic heterocycles. The molecule has 2 aromatic rings. The Bertz CT molecular complexity index is 886. The molecule has 0 radical (unpaired) electrons. The Balaban J connectivity index is 2.04. The lowest BCUT2D eigenvalue weighted by Crippen LogP contribution is -2.36. The van der Waals surface area contributed by atoms with Crippen LogP contribution in [0, 0.1) is 0 Å². The second kappa shape index (κ2) is 6.97. The number of carbonyl (C=O) groups is 2. The van der Waals surface area contributed by atoms with E-state index in [9.17, 15) is 9.59 Å². The molecule has 0 saturated heterocycles. The van der Waals surface area contributed by atoms with Crippen LogP contribution in [0.5, 0.6) is 0 Å². The van der Waals surface area contributed by atoms with E-state index in [-0.39, 0.29) is 18.1 Å². The van der Waals surface area contributed by atoms with Crippen molar-refractivity contribution in [3.63, 3.8) is 0 Å². The van der Waals surface area contributed by atoms with Gasteiger partial charge in [-0.25, -0.2) is 0 Å². The summed E-state index contributed by atoms with van der Waals surface area (Å²) >= 11 is 0. The van der Waals surface area contributed by atoms with Crippen molar-refractivity contribution in [1.29, 1.82) is 0 Å². The van der Waals surface area contributed by atoms with E-state index in [2.05, 4.69) is 17.6 Å². The summed E-state index contributed by atoms with van der Waals surface area (Å²) in [5, 5.41) is 0. The molecule has 4 rings (SSSR count). The number of amides is 1. The normalized spacial score (nSPS) is 21.7. The molecule has 27 heavy (non-hydrogen) atoms. The van der Waals surface area contributed by atoms with E-state index >= 15 is 0 Å². The summed E-state index contributed by atoms with van der Waals surface area (Å²) in [5.74, 6) is 0.0926. The lowest BCUT2D eigenvalue weighted by Gasteiger charge is -2.39. The first kappa shape index (κ1) is 18.0. The number of benzene rings is 1. The Labute approximate surface area is 159 Å². The van der Waals surface area contributed by atoms with Gasteiger partial charge in [0, 0.05) is 42.3 Å². The average Bonchev–Trinajstić information content (AvgIpc) is 3.10. The SMILES string of the molecule is CC[C@]12CCCn3c(C=O)cc(c31)-c1ccccc1N(COC)C(=O)CC2. The maximum absolute atomic E-state index is 13.1. The molecule has 3 heterocycles. The molecule has 0 saturated carbocycles. The molecule has 1 atom stereocenters. The molecule has 2 aliphatic heterocycles. The summed E-state index contributed by atoms with van der Waals surface area (Å²) < 4.78 is 7.54. The van der Waals surface area contributed by atoms with Crippen LogP contribution in [0.25, 0.3) is 11.1 Å². The minimum absolute atomic E-state index is 0.0688. The van der Waals surface area contributed by atoms with Crippen LogP contribution in [-0.2, 0) is 21.5 Å². The number of fused-ring (bicyclic) bond motifs is 2. The zero-order chi connectivity index (χ0) is 19.0. The largest absolute Gasteiger partial charge is 0.364 e. The zero-order valence-corrected chi connectivity index (χ0v) is 16.0. The van der Waals surface area contributed by atoms with E-state index in [0.29, 0.717) is 6.42 Å². The van der Waals surface area contributed by atoms with Gasteiger partial charge in [0.1, 0.15) is 6.73 Å². The standard InChI is InChI=1S/C22H26N2O3/c1-3-22-10-6-12-23-16(14-25)13-18(21(22)23)17-7-4-5-8-19(17)24(15-27-2)20(26)9-11-22/h4-5,7-8,13-14H,3,6,9-12,15H2,1-2H3/t22-/m1/s1. The van der Waals surface area contributed by atoms with Crippen LogP contribution in [0.3, 0.4) is 0 Å². The van der Waals surface area contributed by atoms with Crippen molar-refractivity contribution in [2.45, 2.75) is 51.0 Å². The summed E-state index contributed by atoms with van der Waals surface area (Å²) in [4.78, 5) is 26.6. The molecule has 1 amide bonds. The van der Waals surface area contributed by atoms with Gasteiger partial charge in [0.05, 0.1) is 11.4 Å². The number of methoxy groups -OCH3 is 1. The molecule has 2 aliphatic rings. The first-order valence-electron chi connectivity index (χ1n) is 9.73. The average molecular weight is 366 g/mol. The van der Waals surface area contributed by atoms with Gasteiger partial charge in [-0.2, -0.15) is 0 Å². The Morgan fingerprint density at radius 1 is 1.22 bits per heavy atom. The van der Waals surface area contributed by atoms with Gasteiger partial charge in [-0.1, -0.05) is 25.1 Å². The van der Waals surface area contributed by atoms with E-state index in [1.807, 2.05) is 24.3 Å². The van der Waals surface area contributed by atoms with Crippen molar-refractivity contribution in [2.75, 3.05) is 18.7 Å². The predicted octanol–water partition coefficient (Wildman–Crippen LogP) is 4.14. The van der Waals surface area contributed by atoms with Gasteiger partial charge in [0.25, 0.3) is 0 Å². The maximum atomic E-state index is 13.1. The van der Waals surface area contributed by atoms with Crippen LogP contribution >= 0.6 is 0 Å². The van der Waals surface area contributed by atoms with Crippen molar-refractivity contribution in [1.82, 2.24) is 4.57 Å². The second-order valence-corrected chi connectivity index (χ2v) is 7.60. The number of para-hydroxylation sites is 1. The highest BCUT2D eigenvalue weighted by Gasteiger charge is 2.41. The van der Waals surface area contributed by atoms with Crippen molar-refractivity contribution in [3.8, 4) is 11.1 Å². The third-order valence-electron chi connectivity index (χ3n) is 6.33. The molecule has 0 unspecified atom stereocenters. The predicted molar refractivity (Wildman–Crippen MR) is 105 cm³/mol. The van der Waals surface area contributed by atoms with E-state index < -0.39 is 0 Å². The highest BCUT2D eigenvalue weighted by molar-refractivity contribution is 5.99. The van der Waals surface area contributed by atoms with Crippen LogP contribution in [0.1, 0.15) is 55.2 Å². The maximum Gasteiger partial charge on any atom is 0.228 e. The van der Waals surface area contributed by atoms with Gasteiger partial charge in [-0.05, 0) is 37.8 Å². The highest BCUT2D eigenvalue weighted by atomic mass is 16.5. The van der Waals surface area contributed by atoms with Crippen LogP contribution < -0.4 is 4.90 Å². The second-order valence-electron chi connectivity index (χ2n) is 7.60. The summed E-state index contributed by atoms with van der Waals surface area (Å²) in [7, 11) is 1.61. The van der Waals surface area contributed by atoms with Crippen molar-refractivity contribution in [3.05, 3.63) is 41.7 Å². The number of hydrogen-bond acceptors (Lipinski definition) is 3. The summed E-state index contributed by atoms with van der Waals surface area (Å²) in [6, 6.07) is 9.98. The summed E-state index contributed by atoms with van der Waals surface area (Å²) in [5.41, 5.74) is 4.84. The van der Waals surface area contributed by atoms with Gasteiger partial charge in [-0.3, -0.25) is 14.5 Å². The number of nitrogens with zero attached hydrogens (tertiary/aromatic N) is 2. The summed E-state index contributed by atoms with van der Waals surface area (Å²) in [6.45, 7) is 3.29. The van der Waals surface area contributed by atoms with Crippen LogP contribution in [0.4, 0.5) is 5.69 Å². The van der Waals surface area contributed by atoms with Crippen LogP contribution in [0.2, 0.25) is 0 Å². The van der Waals surface area contributed by atoms with E-state index in [1.54, 1.807) is 12.0 Å². The lowest BCUT2D eigenvalue weighted by molar-refractivity contribution is -0.120. The molecule has 0 spiro atoms. The molecule has 0 aliphatic carbocycles. The summed E-state index contributed by atoms with van der Waals surface area (Å²) in [6.07, 6.45) is 5.29. The smallest absolute Gasteiger partial charge is 0.228 e. The van der Waals surface area contributed by atoms with Crippen molar-refractivity contribution >= 4 is 17.9 Å². The Kier molecular flexibility index (Phi) is 4.64. The number of hydrogen-bond donors (Lipinski definition) is 0. The fourth-order valence-electron chi connectivity index (χ4n) is 4.97. The van der Waals surface area contributed by atoms with Gasteiger partial charge in [0.2, 0.25) is 5.91 Å². The van der Waals surface area contributed by atoms with E-state index in [1.165, 1.54) is 5.69 Å². The molecule has 5 heteroatoms. The minimum Gasteiger partial charge on any atom is -0.364 e. The quantitative estimate of drug-likeness (QED) is 0.764. The number of ether oxygens (including phenoxy) is 1. The number of carbonyl (C=O) groups excluding carboxylic acids is 2. The van der Waals surface area contributed by atoms with Crippen LogP contribution in [-0.4, -0.2) is 30.6 Å². The Morgan fingerprint density at radius 3 is 2.78 bits per heavy atom. The minimum atomic E-state index is -0.0688. The van der Waals surface area contributed by atoms with Crippen molar-refractivity contribution < 1.29 is 14.3 Å². The molecule has 0 N–H and O–H groups in total. The van der Waals surface area contributed by atoms with E-state index in [0.717, 1.165) is 61.0 Å². The molecule has 1 aromatic carbocycles. The molecular formula is C22H26N2O3. The molecular weight excluding hydrogens is 340 g/mol. The van der Waals surface area contributed by atoms with Crippen LogP contribution in [0.15, 0.2) is 30.3 Å². The van der Waals surface area contributed by atoms with Crippen molar-refractivity contribution in [2.24, 2.45) is 0 Å². The third-order valence-corrected chi connectivity index (χ3v) is 6.33. The topological polar surface area (TPSA) is 51.5 Å². The number of aldehydes is 1. The third kappa shape index (κ3) is 2.72. The number of rotatable bonds is 4. The number of anilines is 1. The van der Waals surface area contributed by atoms with Gasteiger partial charge in [-0.15, -0.1) is 0 Å².